The second-order valence-electron chi connectivity index (χ2n) is 10.7. The molecule has 1 heteroatoms. The predicted molar refractivity (Wildman–Crippen MR) is 154 cm³/mol. The number of allylic oxidation sites excluding steroid dienone is 12. The average Bonchev–Trinajstić information content (AvgIpc) is 2.72. The molecule has 0 heterocycles. The number of carbonyl (C=O) groups is 1. The average molecular weight is 467 g/mol. The van der Waals surface area contributed by atoms with Gasteiger partial charge in [-0.25, -0.2) is 0 Å². The Hall–Kier alpha value is -1.89. The number of ketones is 1. The topological polar surface area (TPSA) is 17.1 Å². The van der Waals surface area contributed by atoms with E-state index in [4.69, 9.17) is 0 Å². The summed E-state index contributed by atoms with van der Waals surface area (Å²) in [6.45, 7) is 19.3. The Labute approximate surface area is 212 Å². The Bertz CT molecular complexity index is 711. The van der Waals surface area contributed by atoms with E-state index in [1.807, 2.05) is 0 Å². The van der Waals surface area contributed by atoms with Crippen molar-refractivity contribution in [2.24, 2.45) is 5.92 Å². The van der Waals surface area contributed by atoms with Crippen molar-refractivity contribution in [1.82, 2.24) is 0 Å². The predicted octanol–water partition coefficient (Wildman–Crippen LogP) is 10.8. The van der Waals surface area contributed by atoms with Gasteiger partial charge in [0.2, 0.25) is 0 Å². The molecule has 0 fully saturated rings. The monoisotopic (exact) mass is 466 g/mol. The molecule has 1 nitrogen and oxygen atoms in total. The van der Waals surface area contributed by atoms with Crippen LogP contribution in [0.2, 0.25) is 0 Å². The zero-order valence-electron chi connectivity index (χ0n) is 24.0. The van der Waals surface area contributed by atoms with E-state index in [0.717, 1.165) is 64.2 Å². The standard InChI is InChI=1S/C33H54O/c1-26(2)14-10-16-28(5)18-12-20-30(7)22-24-33(32(9)34)25-23-31(8)21-13-19-29(6)17-11-15-27(3)4/h14-15,18-19,22-23,33H,10-13,16-17,20-21,24-25H2,1-9H3. The van der Waals surface area contributed by atoms with E-state index in [0.29, 0.717) is 5.78 Å². The van der Waals surface area contributed by atoms with Crippen LogP contribution in [0.25, 0.3) is 0 Å². The first-order valence-electron chi connectivity index (χ1n) is 13.4. The molecule has 0 aliphatic rings. The molecule has 192 valence electrons. The number of rotatable bonds is 17. The minimum absolute atomic E-state index is 0.104. The van der Waals surface area contributed by atoms with Crippen molar-refractivity contribution in [3.8, 4) is 0 Å². The summed E-state index contributed by atoms with van der Waals surface area (Å²) in [5, 5.41) is 0. The van der Waals surface area contributed by atoms with E-state index in [2.05, 4.69) is 91.8 Å². The summed E-state index contributed by atoms with van der Waals surface area (Å²) in [5.41, 5.74) is 8.54. The molecular formula is C33H54O. The highest BCUT2D eigenvalue weighted by Gasteiger charge is 2.11. The second kappa shape index (κ2) is 19.4. The van der Waals surface area contributed by atoms with E-state index >= 15 is 0 Å². The number of carbonyl (C=O) groups excluding carboxylic acids is 1. The van der Waals surface area contributed by atoms with Crippen LogP contribution in [0.15, 0.2) is 69.9 Å². The van der Waals surface area contributed by atoms with Crippen molar-refractivity contribution >= 4 is 5.78 Å². The molecule has 34 heavy (non-hydrogen) atoms. The van der Waals surface area contributed by atoms with Crippen LogP contribution >= 0.6 is 0 Å². The van der Waals surface area contributed by atoms with Crippen molar-refractivity contribution in [3.63, 3.8) is 0 Å². The highest BCUT2D eigenvalue weighted by Crippen LogP contribution is 2.19. The van der Waals surface area contributed by atoms with Gasteiger partial charge in [-0.15, -0.1) is 0 Å². The third-order valence-electron chi connectivity index (χ3n) is 6.32. The highest BCUT2D eigenvalue weighted by molar-refractivity contribution is 5.78. The van der Waals surface area contributed by atoms with Gasteiger partial charge in [0.05, 0.1) is 0 Å². The van der Waals surface area contributed by atoms with Crippen LogP contribution in [0, 0.1) is 5.92 Å². The van der Waals surface area contributed by atoms with Crippen LogP contribution in [0.4, 0.5) is 0 Å². The maximum Gasteiger partial charge on any atom is 0.133 e. The van der Waals surface area contributed by atoms with Gasteiger partial charge in [0.15, 0.2) is 0 Å². The van der Waals surface area contributed by atoms with Crippen molar-refractivity contribution in [2.75, 3.05) is 0 Å². The van der Waals surface area contributed by atoms with Crippen LogP contribution in [-0.2, 0) is 4.79 Å². The van der Waals surface area contributed by atoms with Crippen LogP contribution in [0.1, 0.15) is 127 Å². The summed E-state index contributed by atoms with van der Waals surface area (Å²) < 4.78 is 0. The van der Waals surface area contributed by atoms with Gasteiger partial charge in [-0.1, -0.05) is 69.9 Å². The molecule has 0 N–H and O–H groups in total. The minimum atomic E-state index is 0.104. The van der Waals surface area contributed by atoms with Gasteiger partial charge in [0.25, 0.3) is 0 Å². The lowest BCUT2D eigenvalue weighted by atomic mass is 9.93. The molecule has 0 saturated heterocycles. The van der Waals surface area contributed by atoms with E-state index in [1.165, 1.54) is 33.4 Å². The lowest BCUT2D eigenvalue weighted by Crippen LogP contribution is -2.09. The fraction of sp³-hybridized carbons (Fsp3) is 0.606. The van der Waals surface area contributed by atoms with Gasteiger partial charge in [-0.05, 0) is 127 Å². The Morgan fingerprint density at radius 2 is 0.765 bits per heavy atom. The van der Waals surface area contributed by atoms with Gasteiger partial charge < -0.3 is 0 Å². The van der Waals surface area contributed by atoms with E-state index in [1.54, 1.807) is 6.92 Å². The second-order valence-corrected chi connectivity index (χ2v) is 10.7. The third kappa shape index (κ3) is 19.6. The Balaban J connectivity index is 4.51. The van der Waals surface area contributed by atoms with Gasteiger partial charge in [-0.2, -0.15) is 0 Å². The first-order chi connectivity index (χ1) is 16.0. The molecule has 0 saturated carbocycles. The number of hydrogen-bond donors (Lipinski definition) is 0. The third-order valence-corrected chi connectivity index (χ3v) is 6.32. The van der Waals surface area contributed by atoms with Crippen LogP contribution in [0.3, 0.4) is 0 Å². The molecule has 0 aliphatic carbocycles. The molecule has 0 radical (unpaired) electrons. The summed E-state index contributed by atoms with van der Waals surface area (Å²) in [5.74, 6) is 0.408. The zero-order chi connectivity index (χ0) is 25.9. The quantitative estimate of drug-likeness (QED) is 0.195. The fourth-order valence-corrected chi connectivity index (χ4v) is 3.79. The Morgan fingerprint density at radius 3 is 1.06 bits per heavy atom. The molecule has 0 spiro atoms. The molecule has 0 bridgehead atoms. The summed E-state index contributed by atoms with van der Waals surface area (Å²) >= 11 is 0. The van der Waals surface area contributed by atoms with Gasteiger partial charge in [0, 0.05) is 5.92 Å². The van der Waals surface area contributed by atoms with E-state index in [-0.39, 0.29) is 5.92 Å². The molecule has 0 aromatic carbocycles. The lowest BCUT2D eigenvalue weighted by molar-refractivity contribution is -0.120. The van der Waals surface area contributed by atoms with E-state index < -0.39 is 0 Å². The summed E-state index contributed by atoms with van der Waals surface area (Å²) in [7, 11) is 0. The van der Waals surface area contributed by atoms with Crippen LogP contribution in [-0.4, -0.2) is 5.78 Å². The smallest absolute Gasteiger partial charge is 0.133 e. The Kier molecular flexibility index (Phi) is 18.3. The molecule has 0 atom stereocenters. The fourth-order valence-electron chi connectivity index (χ4n) is 3.79. The molecule has 0 aromatic rings. The minimum Gasteiger partial charge on any atom is -0.300 e. The Morgan fingerprint density at radius 1 is 0.471 bits per heavy atom. The molecule has 0 unspecified atom stereocenters. The van der Waals surface area contributed by atoms with Crippen LogP contribution < -0.4 is 0 Å². The van der Waals surface area contributed by atoms with Crippen molar-refractivity contribution in [2.45, 2.75) is 127 Å². The van der Waals surface area contributed by atoms with Gasteiger partial charge in [-0.3, -0.25) is 4.79 Å². The van der Waals surface area contributed by atoms with Crippen molar-refractivity contribution in [3.05, 3.63) is 69.9 Å². The summed E-state index contributed by atoms with van der Waals surface area (Å²) in [6.07, 6.45) is 24.6. The van der Waals surface area contributed by atoms with Gasteiger partial charge >= 0.3 is 0 Å². The largest absolute Gasteiger partial charge is 0.300 e. The maximum atomic E-state index is 12.2. The molecule has 0 rings (SSSR count). The SMILES string of the molecule is CC(=O)C(CC=C(C)CCC=C(C)CCC=C(C)C)CC=C(C)CCC=C(C)CCC=C(C)C. The highest BCUT2D eigenvalue weighted by atomic mass is 16.1. The van der Waals surface area contributed by atoms with Crippen molar-refractivity contribution in [1.29, 1.82) is 0 Å². The van der Waals surface area contributed by atoms with Crippen molar-refractivity contribution < 1.29 is 4.79 Å². The van der Waals surface area contributed by atoms with Crippen LogP contribution in [0.5, 0.6) is 0 Å². The first kappa shape index (κ1) is 32.1. The summed E-state index contributed by atoms with van der Waals surface area (Å²) in [4.78, 5) is 12.2. The maximum absolute atomic E-state index is 12.2. The zero-order valence-corrected chi connectivity index (χ0v) is 24.0. The van der Waals surface area contributed by atoms with Gasteiger partial charge in [0.1, 0.15) is 5.78 Å². The normalized spacial score (nSPS) is 14.1. The molecule has 0 amide bonds. The summed E-state index contributed by atoms with van der Waals surface area (Å²) in [6, 6.07) is 0. The molecule has 0 aliphatic heterocycles. The number of Topliss-reactive ketones (excluding diaryl/α,β-unsaturated/α-hetero) is 1. The molecular weight excluding hydrogens is 412 g/mol. The number of hydrogen-bond acceptors (Lipinski definition) is 1. The first-order valence-corrected chi connectivity index (χ1v) is 13.4. The molecule has 0 aromatic heterocycles. The lowest BCUT2D eigenvalue weighted by Gasteiger charge is -2.11. The van der Waals surface area contributed by atoms with E-state index in [9.17, 15) is 4.79 Å².